The number of nitrogens with one attached hydrogen (secondary N) is 2. The highest BCUT2D eigenvalue weighted by Crippen LogP contribution is 2.24. The van der Waals surface area contributed by atoms with Gasteiger partial charge in [-0.3, -0.25) is 19.0 Å². The Kier molecular flexibility index (Phi) is 7.53. The highest BCUT2D eigenvalue weighted by Gasteiger charge is 2.24. The number of anilines is 1. The summed E-state index contributed by atoms with van der Waals surface area (Å²) in [6, 6.07) is 20.1. The highest BCUT2D eigenvalue weighted by molar-refractivity contribution is 6.04. The van der Waals surface area contributed by atoms with Crippen LogP contribution in [0, 0.1) is 18.4 Å². The first-order chi connectivity index (χ1) is 21.9. The molecule has 6 rings (SSSR count). The second kappa shape index (κ2) is 11.9. The molecule has 12 nitrogen and oxygen atoms in total. The van der Waals surface area contributed by atoms with E-state index >= 15 is 0 Å². The van der Waals surface area contributed by atoms with Crippen LogP contribution in [0.3, 0.4) is 0 Å². The largest absolute Gasteiger partial charge is 0.475 e. The standard InChI is InChI=1S/C33H24N8O4/c1-20(38-32(43)28-29(34)39-40-18-8-17-36-30(28)40)24-19-22-10-6-9-21(27(22)33(44)41(24)23-12-4-3-5-13-23)11-7-16-37-31(42)25-14-15-26(35-2)45-25/h3-6,8-10,12-15,17-20H,16H2,1H3,(H2,34,39)(H,37,42)(H,38,43)/t20-/m0/s1. The van der Waals surface area contributed by atoms with Crippen molar-refractivity contribution in [3.8, 4) is 17.5 Å². The van der Waals surface area contributed by atoms with E-state index in [4.69, 9.17) is 16.7 Å². The van der Waals surface area contributed by atoms with Crippen LogP contribution in [0.25, 0.3) is 27.0 Å². The molecule has 220 valence electrons. The predicted molar refractivity (Wildman–Crippen MR) is 167 cm³/mol. The lowest BCUT2D eigenvalue weighted by atomic mass is 10.0. The Balaban J connectivity index is 1.35. The molecule has 0 aliphatic carbocycles. The molecule has 0 saturated heterocycles. The van der Waals surface area contributed by atoms with Gasteiger partial charge in [0.15, 0.2) is 17.2 Å². The maximum atomic E-state index is 14.2. The zero-order valence-electron chi connectivity index (χ0n) is 23.8. The Bertz CT molecular complexity index is 2270. The number of nitrogens with zero attached hydrogens (tertiary/aromatic N) is 5. The first-order valence-electron chi connectivity index (χ1n) is 13.7. The first kappa shape index (κ1) is 28.5. The first-order valence-corrected chi connectivity index (χ1v) is 13.7. The fraction of sp³-hybridized carbons (Fsp3) is 0.0909. The lowest BCUT2D eigenvalue weighted by molar-refractivity contribution is 0.0927. The number of rotatable bonds is 6. The van der Waals surface area contributed by atoms with Gasteiger partial charge in [-0.15, -0.1) is 5.10 Å². The van der Waals surface area contributed by atoms with E-state index in [-0.39, 0.29) is 35.1 Å². The van der Waals surface area contributed by atoms with Crippen molar-refractivity contribution in [3.63, 3.8) is 0 Å². The Labute approximate surface area is 255 Å². The van der Waals surface area contributed by atoms with E-state index in [0.29, 0.717) is 33.4 Å². The number of carbonyl (C=O) groups excluding carboxylic acids is 2. The predicted octanol–water partition coefficient (Wildman–Crippen LogP) is 4.03. The summed E-state index contributed by atoms with van der Waals surface area (Å²) in [7, 11) is 0. The molecule has 4 aromatic heterocycles. The summed E-state index contributed by atoms with van der Waals surface area (Å²) in [4.78, 5) is 47.4. The van der Waals surface area contributed by atoms with Crippen molar-refractivity contribution in [3.05, 3.63) is 130 Å². The minimum atomic E-state index is -0.636. The molecule has 1 atom stereocenters. The zero-order chi connectivity index (χ0) is 31.5. The SMILES string of the molecule is [C-]#[N+]c1ccc(C(=O)NCC#Cc2cccc3cc([C@H](C)NC(=O)c4c(N)nn5cccnc45)n(-c4ccccc4)c(=O)c23)o1. The molecule has 45 heavy (non-hydrogen) atoms. The Morgan fingerprint density at radius 2 is 1.91 bits per heavy atom. The molecule has 0 aliphatic heterocycles. The number of nitrogen functional groups attached to an aromatic ring is 1. The average Bonchev–Trinajstić information content (AvgIpc) is 3.67. The normalized spacial score (nSPS) is 11.4. The van der Waals surface area contributed by atoms with Gasteiger partial charge in [-0.2, -0.15) is 4.85 Å². The van der Waals surface area contributed by atoms with Crippen molar-refractivity contribution in [1.29, 1.82) is 0 Å². The summed E-state index contributed by atoms with van der Waals surface area (Å²) < 4.78 is 8.12. The van der Waals surface area contributed by atoms with Crippen LogP contribution >= 0.6 is 0 Å². The molecule has 0 fully saturated rings. The van der Waals surface area contributed by atoms with Crippen LogP contribution in [0.15, 0.2) is 94.4 Å². The van der Waals surface area contributed by atoms with Crippen LogP contribution < -0.4 is 21.9 Å². The highest BCUT2D eigenvalue weighted by atomic mass is 16.4. The van der Waals surface area contributed by atoms with Crippen molar-refractivity contribution in [2.24, 2.45) is 0 Å². The van der Waals surface area contributed by atoms with Gasteiger partial charge in [-0.25, -0.2) is 9.50 Å². The molecule has 4 heterocycles. The molecule has 0 unspecified atom stereocenters. The molecule has 2 amide bonds. The lowest BCUT2D eigenvalue weighted by Gasteiger charge is -2.21. The molecular formula is C33H24N8O4. The van der Waals surface area contributed by atoms with Gasteiger partial charge in [0.1, 0.15) is 5.56 Å². The summed E-state index contributed by atoms with van der Waals surface area (Å²) in [6.07, 6.45) is 3.20. The van der Waals surface area contributed by atoms with E-state index in [9.17, 15) is 14.4 Å². The molecular weight excluding hydrogens is 572 g/mol. The summed E-state index contributed by atoms with van der Waals surface area (Å²) in [6.45, 7) is 8.73. The number of para-hydroxylation sites is 1. The number of carbonyl (C=O) groups is 2. The third-order valence-corrected chi connectivity index (χ3v) is 7.02. The number of benzene rings is 2. The van der Waals surface area contributed by atoms with Gasteiger partial charge in [0.25, 0.3) is 17.4 Å². The zero-order valence-corrected chi connectivity index (χ0v) is 23.8. The van der Waals surface area contributed by atoms with Crippen molar-refractivity contribution in [1.82, 2.24) is 29.8 Å². The third-order valence-electron chi connectivity index (χ3n) is 7.02. The van der Waals surface area contributed by atoms with Gasteiger partial charge in [0.2, 0.25) is 0 Å². The molecule has 0 bridgehead atoms. The summed E-state index contributed by atoms with van der Waals surface area (Å²) in [5.41, 5.74) is 7.80. The number of pyridine rings is 1. The Morgan fingerprint density at radius 1 is 1.09 bits per heavy atom. The van der Waals surface area contributed by atoms with E-state index in [1.54, 1.807) is 60.3 Å². The fourth-order valence-electron chi connectivity index (χ4n) is 4.97. The van der Waals surface area contributed by atoms with Gasteiger partial charge >= 0.3 is 5.88 Å². The molecule has 0 aliphatic rings. The van der Waals surface area contributed by atoms with Crippen molar-refractivity contribution < 1.29 is 14.0 Å². The van der Waals surface area contributed by atoms with E-state index < -0.39 is 17.9 Å². The van der Waals surface area contributed by atoms with E-state index in [1.807, 2.05) is 24.3 Å². The van der Waals surface area contributed by atoms with Crippen LogP contribution in [0.2, 0.25) is 0 Å². The van der Waals surface area contributed by atoms with Crippen LogP contribution in [0.4, 0.5) is 11.7 Å². The van der Waals surface area contributed by atoms with Crippen LogP contribution in [0.1, 0.15) is 45.1 Å². The number of furan rings is 1. The smallest absolute Gasteiger partial charge is 0.346 e. The number of nitrogens with two attached hydrogens (primary N) is 1. The minimum absolute atomic E-state index is 0.00739. The van der Waals surface area contributed by atoms with E-state index in [0.717, 1.165) is 0 Å². The number of amides is 2. The van der Waals surface area contributed by atoms with Crippen molar-refractivity contribution in [2.75, 3.05) is 12.3 Å². The lowest BCUT2D eigenvalue weighted by Crippen LogP contribution is -2.32. The average molecular weight is 597 g/mol. The van der Waals surface area contributed by atoms with Gasteiger partial charge in [-0.1, -0.05) is 42.2 Å². The second-order valence-corrected chi connectivity index (χ2v) is 9.89. The fourth-order valence-corrected chi connectivity index (χ4v) is 4.97. The van der Waals surface area contributed by atoms with Crippen molar-refractivity contribution in [2.45, 2.75) is 13.0 Å². The molecule has 0 radical (unpaired) electrons. The van der Waals surface area contributed by atoms with Gasteiger partial charge in [0.05, 0.1) is 24.5 Å². The summed E-state index contributed by atoms with van der Waals surface area (Å²) >= 11 is 0. The van der Waals surface area contributed by atoms with Crippen LogP contribution in [-0.2, 0) is 0 Å². The maximum Gasteiger partial charge on any atom is 0.346 e. The quantitative estimate of drug-likeness (QED) is 0.194. The van der Waals surface area contributed by atoms with Crippen molar-refractivity contribution >= 4 is 39.9 Å². The topological polar surface area (TPSA) is 154 Å². The number of hydrogen-bond donors (Lipinski definition) is 3. The summed E-state index contributed by atoms with van der Waals surface area (Å²) in [5, 5.41) is 10.8. The Morgan fingerprint density at radius 3 is 2.69 bits per heavy atom. The third kappa shape index (κ3) is 5.47. The second-order valence-electron chi connectivity index (χ2n) is 9.89. The van der Waals surface area contributed by atoms with Gasteiger partial charge in [0, 0.05) is 29.3 Å². The van der Waals surface area contributed by atoms with Crippen LogP contribution in [0.5, 0.6) is 0 Å². The molecule has 4 N–H and O–H groups in total. The van der Waals surface area contributed by atoms with Gasteiger partial charge < -0.3 is 20.8 Å². The number of fused-ring (bicyclic) bond motifs is 2. The maximum absolute atomic E-state index is 14.2. The van der Waals surface area contributed by atoms with Crippen LogP contribution in [-0.4, -0.2) is 37.5 Å². The molecule has 6 aromatic rings. The number of hydrogen-bond acceptors (Lipinski definition) is 7. The molecule has 0 saturated carbocycles. The molecule has 2 aromatic carbocycles. The van der Waals surface area contributed by atoms with E-state index in [1.165, 1.54) is 16.6 Å². The molecule has 12 heteroatoms. The minimum Gasteiger partial charge on any atom is -0.475 e. The van der Waals surface area contributed by atoms with Gasteiger partial charge in [-0.05, 0) is 54.8 Å². The monoisotopic (exact) mass is 596 g/mol. The summed E-state index contributed by atoms with van der Waals surface area (Å²) in [5.74, 6) is 4.95. The Hall–Kier alpha value is -6.66. The number of aromatic nitrogens is 4. The van der Waals surface area contributed by atoms with E-state index in [2.05, 4.69) is 37.4 Å². The molecule has 0 spiro atoms.